The highest BCUT2D eigenvalue weighted by Crippen LogP contribution is 2.36. The lowest BCUT2D eigenvalue weighted by Crippen LogP contribution is -2.33. The summed E-state index contributed by atoms with van der Waals surface area (Å²) in [4.78, 5) is 38.9. The molecule has 8 heteroatoms. The fourth-order valence-corrected chi connectivity index (χ4v) is 3.55. The molecule has 0 radical (unpaired) electrons. The van der Waals surface area contributed by atoms with Crippen molar-refractivity contribution >= 4 is 29.5 Å². The van der Waals surface area contributed by atoms with Gasteiger partial charge in [0.25, 0.3) is 0 Å². The molecule has 1 unspecified atom stereocenters. The smallest absolute Gasteiger partial charge is 0.340 e. The van der Waals surface area contributed by atoms with Gasteiger partial charge in [0.05, 0.1) is 45.0 Å². The van der Waals surface area contributed by atoms with Crippen LogP contribution in [-0.2, 0) is 14.3 Å². The van der Waals surface area contributed by atoms with Crippen LogP contribution in [0.25, 0.3) is 6.08 Å². The minimum Gasteiger partial charge on any atom is -0.493 e. The largest absolute Gasteiger partial charge is 0.493 e. The summed E-state index contributed by atoms with van der Waals surface area (Å²) in [6, 6.07) is 10.1. The number of anilines is 1. The van der Waals surface area contributed by atoms with E-state index in [2.05, 4.69) is 5.32 Å². The topological polar surface area (TPSA) is 94.2 Å². The summed E-state index contributed by atoms with van der Waals surface area (Å²) in [6.07, 6.45) is 3.52. The van der Waals surface area contributed by atoms with E-state index in [0.29, 0.717) is 11.5 Å². The lowest BCUT2D eigenvalue weighted by atomic mass is 9.93. The molecule has 0 bridgehead atoms. The molecule has 31 heavy (non-hydrogen) atoms. The number of ether oxygens (including phenoxy) is 3. The third-order valence-corrected chi connectivity index (χ3v) is 5.05. The molecular formula is C23H24N2O6. The predicted octanol–water partition coefficient (Wildman–Crippen LogP) is 3.39. The Labute approximate surface area is 180 Å². The fraction of sp³-hybridized carbons (Fsp3) is 0.261. The fourth-order valence-electron chi connectivity index (χ4n) is 3.55. The highest BCUT2D eigenvalue weighted by molar-refractivity contribution is 6.02. The van der Waals surface area contributed by atoms with Crippen molar-refractivity contribution in [2.45, 2.75) is 19.4 Å². The average molecular weight is 424 g/mol. The molecule has 0 aliphatic carbocycles. The maximum atomic E-state index is 13.0. The lowest BCUT2D eigenvalue weighted by Gasteiger charge is -2.32. The molecule has 0 spiro atoms. The van der Waals surface area contributed by atoms with Crippen LogP contribution in [0.1, 0.15) is 40.9 Å². The molecule has 2 aromatic carbocycles. The Morgan fingerprint density at radius 3 is 2.35 bits per heavy atom. The second kappa shape index (κ2) is 9.34. The SMILES string of the molecule is COC(=O)c1cc(OC)c(OC)cc1NC(=O)CC1c2ccccc2C=CN1C(C)=O. The third-order valence-electron chi connectivity index (χ3n) is 5.05. The highest BCUT2D eigenvalue weighted by Gasteiger charge is 2.29. The number of esters is 1. The summed E-state index contributed by atoms with van der Waals surface area (Å²) < 4.78 is 15.3. The summed E-state index contributed by atoms with van der Waals surface area (Å²) in [6.45, 7) is 1.45. The van der Waals surface area contributed by atoms with Crippen LogP contribution in [0, 0.1) is 0 Å². The van der Waals surface area contributed by atoms with Crippen LogP contribution in [0.5, 0.6) is 11.5 Å². The van der Waals surface area contributed by atoms with Crippen molar-refractivity contribution in [3.05, 3.63) is 59.3 Å². The van der Waals surface area contributed by atoms with E-state index in [9.17, 15) is 14.4 Å². The van der Waals surface area contributed by atoms with Crippen molar-refractivity contribution < 1.29 is 28.6 Å². The number of fused-ring (bicyclic) bond motifs is 1. The number of rotatable bonds is 6. The molecule has 0 saturated heterocycles. The van der Waals surface area contributed by atoms with Gasteiger partial charge in [-0.15, -0.1) is 0 Å². The standard InChI is InChI=1S/C23H24N2O6/c1-14(26)25-10-9-15-7-5-6-8-16(15)19(25)13-22(27)24-18-12-21(30-3)20(29-2)11-17(18)23(28)31-4/h5-12,19H,13H2,1-4H3,(H,24,27). The van der Waals surface area contributed by atoms with Crippen molar-refractivity contribution in [2.75, 3.05) is 26.6 Å². The van der Waals surface area contributed by atoms with Crippen molar-refractivity contribution in [1.29, 1.82) is 0 Å². The second-order valence-corrected chi connectivity index (χ2v) is 6.88. The van der Waals surface area contributed by atoms with Gasteiger partial charge in [-0.3, -0.25) is 9.59 Å². The molecule has 2 amide bonds. The Balaban J connectivity index is 1.91. The number of carbonyl (C=O) groups is 3. The highest BCUT2D eigenvalue weighted by atomic mass is 16.5. The predicted molar refractivity (Wildman–Crippen MR) is 115 cm³/mol. The molecule has 1 aliphatic heterocycles. The van der Waals surface area contributed by atoms with Gasteiger partial charge in [-0.05, 0) is 17.2 Å². The van der Waals surface area contributed by atoms with Crippen LogP contribution < -0.4 is 14.8 Å². The van der Waals surface area contributed by atoms with Crippen LogP contribution in [0.3, 0.4) is 0 Å². The molecular weight excluding hydrogens is 400 g/mol. The van der Waals surface area contributed by atoms with Crippen LogP contribution in [0.15, 0.2) is 42.6 Å². The first kappa shape index (κ1) is 21.9. The molecule has 0 fully saturated rings. The van der Waals surface area contributed by atoms with Crippen LogP contribution in [0.4, 0.5) is 5.69 Å². The molecule has 1 atom stereocenters. The Kier molecular flexibility index (Phi) is 6.59. The third kappa shape index (κ3) is 4.53. The summed E-state index contributed by atoms with van der Waals surface area (Å²) in [5.41, 5.74) is 2.17. The molecule has 1 N–H and O–H groups in total. The number of carbonyl (C=O) groups excluding carboxylic acids is 3. The maximum Gasteiger partial charge on any atom is 0.340 e. The van der Waals surface area contributed by atoms with Gasteiger partial charge in [0.1, 0.15) is 0 Å². The first-order valence-electron chi connectivity index (χ1n) is 9.59. The zero-order valence-electron chi connectivity index (χ0n) is 17.8. The Morgan fingerprint density at radius 2 is 1.71 bits per heavy atom. The number of amides is 2. The number of hydrogen-bond acceptors (Lipinski definition) is 6. The van der Waals surface area contributed by atoms with Crippen LogP contribution in [-0.4, -0.2) is 44.0 Å². The minimum atomic E-state index is -0.632. The van der Waals surface area contributed by atoms with E-state index < -0.39 is 12.0 Å². The van der Waals surface area contributed by atoms with Crippen molar-refractivity contribution in [2.24, 2.45) is 0 Å². The van der Waals surface area contributed by atoms with Gasteiger partial charge in [0.15, 0.2) is 11.5 Å². The lowest BCUT2D eigenvalue weighted by molar-refractivity contribution is -0.129. The minimum absolute atomic E-state index is 0.00408. The normalized spacial score (nSPS) is 14.5. The van der Waals surface area contributed by atoms with E-state index in [4.69, 9.17) is 14.2 Å². The number of benzene rings is 2. The molecule has 2 aromatic rings. The molecule has 1 aliphatic rings. The first-order chi connectivity index (χ1) is 14.9. The van der Waals surface area contributed by atoms with Crippen LogP contribution >= 0.6 is 0 Å². The molecule has 162 valence electrons. The monoisotopic (exact) mass is 424 g/mol. The van der Waals surface area contributed by atoms with Crippen molar-refractivity contribution in [1.82, 2.24) is 4.90 Å². The van der Waals surface area contributed by atoms with Gasteiger partial charge < -0.3 is 24.4 Å². The van der Waals surface area contributed by atoms with Gasteiger partial charge in [-0.25, -0.2) is 4.79 Å². The average Bonchev–Trinajstić information content (AvgIpc) is 2.78. The van der Waals surface area contributed by atoms with E-state index >= 15 is 0 Å². The zero-order valence-corrected chi connectivity index (χ0v) is 17.8. The first-order valence-corrected chi connectivity index (χ1v) is 9.59. The van der Waals surface area contributed by atoms with Crippen molar-refractivity contribution in [3.8, 4) is 11.5 Å². The molecule has 8 nitrogen and oxygen atoms in total. The summed E-state index contributed by atoms with van der Waals surface area (Å²) >= 11 is 0. The van der Waals surface area contributed by atoms with Gasteiger partial charge in [0.2, 0.25) is 11.8 Å². The molecule has 0 aromatic heterocycles. The van der Waals surface area contributed by atoms with E-state index in [1.54, 1.807) is 6.20 Å². The molecule has 3 rings (SSSR count). The number of nitrogens with one attached hydrogen (secondary N) is 1. The number of methoxy groups -OCH3 is 3. The summed E-state index contributed by atoms with van der Waals surface area (Å²) in [5.74, 6) is -0.507. The second-order valence-electron chi connectivity index (χ2n) is 6.88. The quantitative estimate of drug-likeness (QED) is 0.715. The van der Waals surface area contributed by atoms with Gasteiger partial charge in [0, 0.05) is 25.3 Å². The summed E-state index contributed by atoms with van der Waals surface area (Å²) in [7, 11) is 4.15. The van der Waals surface area contributed by atoms with Crippen LogP contribution in [0.2, 0.25) is 0 Å². The van der Waals surface area contributed by atoms with Crippen molar-refractivity contribution in [3.63, 3.8) is 0 Å². The van der Waals surface area contributed by atoms with E-state index in [1.165, 1.54) is 45.3 Å². The zero-order chi connectivity index (χ0) is 22.5. The molecule has 1 heterocycles. The Hall–Kier alpha value is -3.81. The van der Waals surface area contributed by atoms with Gasteiger partial charge in [-0.2, -0.15) is 0 Å². The Bertz CT molecular complexity index is 1050. The van der Waals surface area contributed by atoms with E-state index in [-0.39, 0.29) is 29.5 Å². The van der Waals surface area contributed by atoms with Gasteiger partial charge >= 0.3 is 5.97 Å². The number of hydrogen-bond donors (Lipinski definition) is 1. The molecule has 0 saturated carbocycles. The number of nitrogens with zero attached hydrogens (tertiary/aromatic N) is 1. The van der Waals surface area contributed by atoms with Gasteiger partial charge in [-0.1, -0.05) is 24.3 Å². The van der Waals surface area contributed by atoms with E-state index in [1.807, 2.05) is 30.3 Å². The van der Waals surface area contributed by atoms with E-state index in [0.717, 1.165) is 11.1 Å². The Morgan fingerprint density at radius 1 is 1.03 bits per heavy atom. The summed E-state index contributed by atoms with van der Waals surface area (Å²) in [5, 5.41) is 2.75. The maximum absolute atomic E-state index is 13.0.